The summed E-state index contributed by atoms with van der Waals surface area (Å²) in [4.78, 5) is 14.1. The van der Waals surface area contributed by atoms with Crippen molar-refractivity contribution in [3.8, 4) is 0 Å². The zero-order valence-corrected chi connectivity index (χ0v) is 14.2. The van der Waals surface area contributed by atoms with Crippen LogP contribution in [-0.4, -0.2) is 42.3 Å². The quantitative estimate of drug-likeness (QED) is 0.816. The van der Waals surface area contributed by atoms with Gasteiger partial charge in [0.1, 0.15) is 5.60 Å². The van der Waals surface area contributed by atoms with Gasteiger partial charge in [0.15, 0.2) is 0 Å². The summed E-state index contributed by atoms with van der Waals surface area (Å²) in [5.74, 6) is 1.51. The summed E-state index contributed by atoms with van der Waals surface area (Å²) < 4.78 is 5.49. The van der Waals surface area contributed by atoms with Gasteiger partial charge in [0.2, 0.25) is 0 Å². The summed E-state index contributed by atoms with van der Waals surface area (Å²) >= 11 is 0. The van der Waals surface area contributed by atoms with Crippen molar-refractivity contribution in [3.63, 3.8) is 0 Å². The lowest BCUT2D eigenvalue weighted by Gasteiger charge is -2.27. The summed E-state index contributed by atoms with van der Waals surface area (Å²) in [6.07, 6.45) is 6.20. The van der Waals surface area contributed by atoms with E-state index in [1.807, 2.05) is 25.7 Å². The third-order valence-corrected chi connectivity index (χ3v) is 4.39. The number of rotatable bonds is 6. The Morgan fingerprint density at radius 3 is 2.62 bits per heavy atom. The van der Waals surface area contributed by atoms with Crippen LogP contribution in [-0.2, 0) is 4.74 Å². The van der Waals surface area contributed by atoms with Crippen LogP contribution >= 0.6 is 0 Å². The van der Waals surface area contributed by atoms with Crippen LogP contribution in [0.25, 0.3) is 0 Å². The standard InChI is InChI=1S/C17H32N2O2/c1-5-9-18-15(11-13-6-7-13)14-8-10-19(12-14)16(20)21-17(2,3)4/h13-15,18H,5-12H2,1-4H3. The Balaban J connectivity index is 1.84. The summed E-state index contributed by atoms with van der Waals surface area (Å²) in [6, 6.07) is 0.574. The van der Waals surface area contributed by atoms with E-state index in [2.05, 4.69) is 12.2 Å². The maximum atomic E-state index is 12.2. The molecule has 21 heavy (non-hydrogen) atoms. The average molecular weight is 296 g/mol. The first-order valence-corrected chi connectivity index (χ1v) is 8.60. The van der Waals surface area contributed by atoms with E-state index in [-0.39, 0.29) is 6.09 Å². The minimum Gasteiger partial charge on any atom is -0.444 e. The van der Waals surface area contributed by atoms with Crippen LogP contribution in [0.15, 0.2) is 0 Å². The maximum absolute atomic E-state index is 12.2. The zero-order chi connectivity index (χ0) is 15.5. The van der Waals surface area contributed by atoms with E-state index in [0.29, 0.717) is 12.0 Å². The monoisotopic (exact) mass is 296 g/mol. The minimum atomic E-state index is -0.400. The van der Waals surface area contributed by atoms with Crippen molar-refractivity contribution in [2.75, 3.05) is 19.6 Å². The molecule has 1 N–H and O–H groups in total. The highest BCUT2D eigenvalue weighted by molar-refractivity contribution is 5.68. The fourth-order valence-electron chi connectivity index (χ4n) is 3.09. The first kappa shape index (κ1) is 16.6. The number of hydrogen-bond donors (Lipinski definition) is 1. The molecule has 0 radical (unpaired) electrons. The van der Waals surface area contributed by atoms with E-state index in [4.69, 9.17) is 4.74 Å². The lowest BCUT2D eigenvalue weighted by atomic mass is 9.94. The van der Waals surface area contributed by atoms with Gasteiger partial charge >= 0.3 is 6.09 Å². The van der Waals surface area contributed by atoms with Gasteiger partial charge in [-0.15, -0.1) is 0 Å². The summed E-state index contributed by atoms with van der Waals surface area (Å²) in [7, 11) is 0. The Morgan fingerprint density at radius 1 is 1.33 bits per heavy atom. The predicted molar refractivity (Wildman–Crippen MR) is 85.3 cm³/mol. The SMILES string of the molecule is CCCNC(CC1CC1)C1CCN(C(=O)OC(C)(C)C)C1. The number of ether oxygens (including phenoxy) is 1. The largest absolute Gasteiger partial charge is 0.444 e. The second-order valence-corrected chi connectivity index (χ2v) is 7.71. The van der Waals surface area contributed by atoms with Crippen molar-refractivity contribution in [1.82, 2.24) is 10.2 Å². The van der Waals surface area contributed by atoms with Gasteiger partial charge in [-0.3, -0.25) is 0 Å². The molecule has 2 aliphatic rings. The van der Waals surface area contributed by atoms with Gasteiger partial charge in [0.05, 0.1) is 0 Å². The Kier molecular flexibility index (Phi) is 5.53. The van der Waals surface area contributed by atoms with Gasteiger partial charge in [-0.25, -0.2) is 4.79 Å². The molecule has 1 saturated carbocycles. The molecule has 1 aliphatic heterocycles. The molecule has 1 aliphatic carbocycles. The van der Waals surface area contributed by atoms with E-state index < -0.39 is 5.60 Å². The lowest BCUT2D eigenvalue weighted by molar-refractivity contribution is 0.0285. The van der Waals surface area contributed by atoms with Crippen LogP contribution in [0, 0.1) is 11.8 Å². The van der Waals surface area contributed by atoms with Crippen LogP contribution in [0.2, 0.25) is 0 Å². The van der Waals surface area contributed by atoms with Crippen molar-refractivity contribution in [3.05, 3.63) is 0 Å². The summed E-state index contributed by atoms with van der Waals surface area (Å²) in [5.41, 5.74) is -0.400. The molecule has 0 aromatic heterocycles. The second kappa shape index (κ2) is 6.99. The number of nitrogens with zero attached hydrogens (tertiary/aromatic N) is 1. The molecule has 1 saturated heterocycles. The molecule has 0 spiro atoms. The Labute approximate surface area is 129 Å². The molecule has 2 rings (SSSR count). The highest BCUT2D eigenvalue weighted by atomic mass is 16.6. The van der Waals surface area contributed by atoms with E-state index in [1.165, 1.54) is 25.7 Å². The number of carbonyl (C=O) groups is 1. The van der Waals surface area contributed by atoms with Gasteiger partial charge in [-0.1, -0.05) is 19.8 Å². The van der Waals surface area contributed by atoms with Crippen molar-refractivity contribution in [1.29, 1.82) is 0 Å². The van der Waals surface area contributed by atoms with Crippen LogP contribution < -0.4 is 5.32 Å². The highest BCUT2D eigenvalue weighted by Crippen LogP contribution is 2.36. The molecule has 2 atom stereocenters. The zero-order valence-electron chi connectivity index (χ0n) is 14.2. The normalized spacial score (nSPS) is 24.2. The van der Waals surface area contributed by atoms with Crippen LogP contribution in [0.4, 0.5) is 4.79 Å². The smallest absolute Gasteiger partial charge is 0.410 e. The van der Waals surface area contributed by atoms with Gasteiger partial charge < -0.3 is 15.0 Å². The first-order chi connectivity index (χ1) is 9.89. The van der Waals surface area contributed by atoms with Gasteiger partial charge in [0, 0.05) is 19.1 Å². The topological polar surface area (TPSA) is 41.6 Å². The molecule has 0 aromatic rings. The molecular weight excluding hydrogens is 264 g/mol. The summed E-state index contributed by atoms with van der Waals surface area (Å²) in [6.45, 7) is 10.8. The third kappa shape index (κ3) is 5.50. The van der Waals surface area contributed by atoms with E-state index in [1.54, 1.807) is 0 Å². The summed E-state index contributed by atoms with van der Waals surface area (Å²) in [5, 5.41) is 3.71. The van der Waals surface area contributed by atoms with Crippen LogP contribution in [0.1, 0.15) is 59.8 Å². The molecule has 2 unspecified atom stereocenters. The van der Waals surface area contributed by atoms with E-state index in [0.717, 1.165) is 32.0 Å². The number of carbonyl (C=O) groups excluding carboxylic acids is 1. The third-order valence-electron chi connectivity index (χ3n) is 4.39. The van der Waals surface area contributed by atoms with Gasteiger partial charge in [-0.2, -0.15) is 0 Å². The minimum absolute atomic E-state index is 0.148. The molecule has 4 nitrogen and oxygen atoms in total. The first-order valence-electron chi connectivity index (χ1n) is 8.60. The molecule has 1 heterocycles. The van der Waals surface area contributed by atoms with Gasteiger partial charge in [0.25, 0.3) is 0 Å². The Morgan fingerprint density at radius 2 is 2.05 bits per heavy atom. The van der Waals surface area contributed by atoms with E-state index in [9.17, 15) is 4.79 Å². The molecule has 0 bridgehead atoms. The molecule has 0 aromatic carbocycles. The highest BCUT2D eigenvalue weighted by Gasteiger charge is 2.36. The van der Waals surface area contributed by atoms with E-state index >= 15 is 0 Å². The van der Waals surface area contributed by atoms with Crippen molar-refractivity contribution < 1.29 is 9.53 Å². The second-order valence-electron chi connectivity index (χ2n) is 7.71. The van der Waals surface area contributed by atoms with Crippen molar-refractivity contribution in [2.24, 2.45) is 11.8 Å². The van der Waals surface area contributed by atoms with Crippen LogP contribution in [0.5, 0.6) is 0 Å². The molecular formula is C17H32N2O2. The number of amides is 1. The maximum Gasteiger partial charge on any atom is 0.410 e. The molecule has 122 valence electrons. The molecule has 1 amide bonds. The number of likely N-dealkylation sites (tertiary alicyclic amines) is 1. The average Bonchev–Trinajstić information content (AvgIpc) is 3.05. The molecule has 2 fully saturated rings. The van der Waals surface area contributed by atoms with Crippen LogP contribution in [0.3, 0.4) is 0 Å². The fraction of sp³-hybridized carbons (Fsp3) is 0.941. The predicted octanol–water partition coefficient (Wildman–Crippen LogP) is 3.41. The lowest BCUT2D eigenvalue weighted by Crippen LogP contribution is -2.40. The van der Waals surface area contributed by atoms with Gasteiger partial charge in [-0.05, 0) is 58.4 Å². The number of nitrogens with one attached hydrogen (secondary N) is 1. The Hall–Kier alpha value is -0.770. The fourth-order valence-corrected chi connectivity index (χ4v) is 3.09. The molecule has 4 heteroatoms. The number of hydrogen-bond acceptors (Lipinski definition) is 3. The Bertz CT molecular complexity index is 347. The van der Waals surface area contributed by atoms with Crippen molar-refractivity contribution >= 4 is 6.09 Å². The van der Waals surface area contributed by atoms with Crippen molar-refractivity contribution in [2.45, 2.75) is 71.4 Å².